The number of aliphatic hydroxyl groups excluding tert-OH is 1. The van der Waals surface area contributed by atoms with Crippen molar-refractivity contribution in [3.8, 4) is 5.75 Å². The van der Waals surface area contributed by atoms with Crippen molar-refractivity contribution in [2.75, 3.05) is 20.3 Å². The standard InChI is InChI=1S/C14H18ClNO3/c1-19-12-5-2-10(13(15)9-12)8-14(18)16(6-7-17)11-3-4-11/h2,5,9,11,17H,3-4,6-8H2,1H3. The summed E-state index contributed by atoms with van der Waals surface area (Å²) in [6.07, 6.45) is 2.32. The molecule has 19 heavy (non-hydrogen) atoms. The summed E-state index contributed by atoms with van der Waals surface area (Å²) in [7, 11) is 1.58. The Hall–Kier alpha value is -1.26. The number of aliphatic hydroxyl groups is 1. The van der Waals surface area contributed by atoms with Gasteiger partial charge >= 0.3 is 0 Å². The number of halogens is 1. The van der Waals surface area contributed by atoms with Gasteiger partial charge in [-0.1, -0.05) is 17.7 Å². The molecule has 5 heteroatoms. The minimum atomic E-state index is -0.00140. The quantitative estimate of drug-likeness (QED) is 0.867. The third-order valence-corrected chi connectivity index (χ3v) is 3.60. The first-order valence-corrected chi connectivity index (χ1v) is 6.76. The van der Waals surface area contributed by atoms with Gasteiger partial charge in [0.2, 0.25) is 5.91 Å². The summed E-state index contributed by atoms with van der Waals surface area (Å²) in [5, 5.41) is 9.55. The Labute approximate surface area is 117 Å². The molecule has 0 atom stereocenters. The number of benzene rings is 1. The molecule has 1 aromatic carbocycles. The summed E-state index contributed by atoms with van der Waals surface area (Å²) in [5.41, 5.74) is 0.788. The van der Waals surface area contributed by atoms with E-state index in [9.17, 15) is 4.79 Å². The Morgan fingerprint density at radius 1 is 1.53 bits per heavy atom. The lowest BCUT2D eigenvalue weighted by atomic mass is 10.1. The molecule has 0 unspecified atom stereocenters. The monoisotopic (exact) mass is 283 g/mol. The lowest BCUT2D eigenvalue weighted by molar-refractivity contribution is -0.131. The first-order chi connectivity index (χ1) is 9.15. The van der Waals surface area contributed by atoms with Gasteiger partial charge in [0.25, 0.3) is 0 Å². The van der Waals surface area contributed by atoms with Crippen LogP contribution >= 0.6 is 11.6 Å². The molecule has 1 saturated carbocycles. The van der Waals surface area contributed by atoms with E-state index in [0.717, 1.165) is 18.4 Å². The maximum Gasteiger partial charge on any atom is 0.227 e. The van der Waals surface area contributed by atoms with Crippen molar-refractivity contribution in [2.24, 2.45) is 0 Å². The van der Waals surface area contributed by atoms with Crippen LogP contribution in [0.1, 0.15) is 18.4 Å². The van der Waals surface area contributed by atoms with E-state index in [4.69, 9.17) is 21.4 Å². The third-order valence-electron chi connectivity index (χ3n) is 3.25. The van der Waals surface area contributed by atoms with E-state index in [1.165, 1.54) is 0 Å². The third kappa shape index (κ3) is 3.61. The first-order valence-electron chi connectivity index (χ1n) is 6.38. The lowest BCUT2D eigenvalue weighted by Crippen LogP contribution is -2.36. The molecule has 0 aromatic heterocycles. The van der Waals surface area contributed by atoms with Crippen LogP contribution in [0.25, 0.3) is 0 Å². The average Bonchev–Trinajstić information content (AvgIpc) is 3.22. The molecule has 4 nitrogen and oxygen atoms in total. The fourth-order valence-corrected chi connectivity index (χ4v) is 2.31. The number of hydrogen-bond donors (Lipinski definition) is 1. The summed E-state index contributed by atoms with van der Waals surface area (Å²) < 4.78 is 5.08. The maximum atomic E-state index is 12.2. The van der Waals surface area contributed by atoms with Gasteiger partial charge in [0.05, 0.1) is 20.1 Å². The van der Waals surface area contributed by atoms with E-state index >= 15 is 0 Å². The van der Waals surface area contributed by atoms with Crippen molar-refractivity contribution in [2.45, 2.75) is 25.3 Å². The Morgan fingerprint density at radius 3 is 2.79 bits per heavy atom. The average molecular weight is 284 g/mol. The van der Waals surface area contributed by atoms with Gasteiger partial charge in [-0.2, -0.15) is 0 Å². The summed E-state index contributed by atoms with van der Waals surface area (Å²) in [6.45, 7) is 0.399. The zero-order valence-electron chi connectivity index (χ0n) is 10.9. The molecular weight excluding hydrogens is 266 g/mol. The van der Waals surface area contributed by atoms with E-state index < -0.39 is 0 Å². The van der Waals surface area contributed by atoms with Crippen LogP contribution in [0.2, 0.25) is 5.02 Å². The van der Waals surface area contributed by atoms with E-state index in [-0.39, 0.29) is 18.9 Å². The predicted molar refractivity (Wildman–Crippen MR) is 73.5 cm³/mol. The summed E-state index contributed by atoms with van der Waals surface area (Å²) in [5.74, 6) is 0.694. The Kier molecular flexibility index (Phi) is 4.66. The molecule has 1 aliphatic rings. The van der Waals surface area contributed by atoms with Crippen molar-refractivity contribution in [1.29, 1.82) is 0 Å². The largest absolute Gasteiger partial charge is 0.497 e. The second kappa shape index (κ2) is 6.26. The highest BCUT2D eigenvalue weighted by Gasteiger charge is 2.32. The number of amides is 1. The normalized spacial score (nSPS) is 14.3. The molecule has 0 radical (unpaired) electrons. The molecule has 1 N–H and O–H groups in total. The van der Waals surface area contributed by atoms with Crippen LogP contribution in [0.15, 0.2) is 18.2 Å². The van der Waals surface area contributed by atoms with Crippen LogP contribution in [-0.2, 0) is 11.2 Å². The van der Waals surface area contributed by atoms with Crippen LogP contribution in [0.3, 0.4) is 0 Å². The molecule has 0 spiro atoms. The highest BCUT2D eigenvalue weighted by Crippen LogP contribution is 2.28. The SMILES string of the molecule is COc1ccc(CC(=O)N(CCO)C2CC2)c(Cl)c1. The van der Waals surface area contributed by atoms with Gasteiger partial charge in [-0.05, 0) is 30.5 Å². The highest BCUT2D eigenvalue weighted by atomic mass is 35.5. The molecule has 1 aliphatic carbocycles. The molecule has 2 rings (SSSR count). The molecular formula is C14H18ClNO3. The second-order valence-corrected chi connectivity index (χ2v) is 5.08. The number of carbonyl (C=O) groups is 1. The fourth-order valence-electron chi connectivity index (χ4n) is 2.07. The highest BCUT2D eigenvalue weighted by molar-refractivity contribution is 6.31. The van der Waals surface area contributed by atoms with Gasteiger partial charge in [-0.15, -0.1) is 0 Å². The van der Waals surface area contributed by atoms with Gasteiger partial charge in [0.15, 0.2) is 0 Å². The molecule has 0 bridgehead atoms. The number of hydrogen-bond acceptors (Lipinski definition) is 3. The van der Waals surface area contributed by atoms with E-state index in [2.05, 4.69) is 0 Å². The predicted octanol–water partition coefficient (Wildman–Crippen LogP) is 1.87. The first kappa shape index (κ1) is 14.2. The number of ether oxygens (including phenoxy) is 1. The lowest BCUT2D eigenvalue weighted by Gasteiger charge is -2.21. The van der Waals surface area contributed by atoms with E-state index in [1.807, 2.05) is 6.07 Å². The Balaban J connectivity index is 2.04. The van der Waals surface area contributed by atoms with Crippen molar-refractivity contribution in [3.05, 3.63) is 28.8 Å². The smallest absolute Gasteiger partial charge is 0.227 e. The van der Waals surface area contributed by atoms with Crippen molar-refractivity contribution < 1.29 is 14.6 Å². The topological polar surface area (TPSA) is 49.8 Å². The van der Waals surface area contributed by atoms with Crippen LogP contribution in [0, 0.1) is 0 Å². The second-order valence-electron chi connectivity index (χ2n) is 4.68. The Morgan fingerprint density at radius 2 is 2.26 bits per heavy atom. The van der Waals surface area contributed by atoms with E-state index in [0.29, 0.717) is 23.4 Å². The summed E-state index contributed by atoms with van der Waals surface area (Å²) in [4.78, 5) is 14.0. The number of methoxy groups -OCH3 is 1. The number of nitrogens with zero attached hydrogens (tertiary/aromatic N) is 1. The molecule has 0 heterocycles. The van der Waals surface area contributed by atoms with Crippen molar-refractivity contribution in [3.63, 3.8) is 0 Å². The van der Waals surface area contributed by atoms with E-state index in [1.54, 1.807) is 24.1 Å². The molecule has 104 valence electrons. The van der Waals surface area contributed by atoms with Crippen molar-refractivity contribution >= 4 is 17.5 Å². The minimum absolute atomic E-state index is 0.00140. The van der Waals surface area contributed by atoms with Gasteiger partial charge in [0, 0.05) is 17.6 Å². The summed E-state index contributed by atoms with van der Waals surface area (Å²) in [6, 6.07) is 5.61. The van der Waals surface area contributed by atoms with Crippen LogP contribution in [-0.4, -0.2) is 42.2 Å². The summed E-state index contributed by atoms with van der Waals surface area (Å²) >= 11 is 6.13. The molecule has 0 aliphatic heterocycles. The van der Waals surface area contributed by atoms with Gasteiger partial charge in [-0.3, -0.25) is 4.79 Å². The maximum absolute atomic E-state index is 12.2. The molecule has 0 saturated heterocycles. The minimum Gasteiger partial charge on any atom is -0.497 e. The van der Waals surface area contributed by atoms with Crippen LogP contribution < -0.4 is 4.74 Å². The van der Waals surface area contributed by atoms with Crippen LogP contribution in [0.4, 0.5) is 0 Å². The number of carbonyl (C=O) groups excluding carboxylic acids is 1. The van der Waals surface area contributed by atoms with Crippen LogP contribution in [0.5, 0.6) is 5.75 Å². The van der Waals surface area contributed by atoms with Gasteiger partial charge in [0.1, 0.15) is 5.75 Å². The molecule has 1 fully saturated rings. The zero-order valence-corrected chi connectivity index (χ0v) is 11.7. The number of rotatable bonds is 6. The fraction of sp³-hybridized carbons (Fsp3) is 0.500. The van der Waals surface area contributed by atoms with Crippen molar-refractivity contribution in [1.82, 2.24) is 4.90 Å². The zero-order chi connectivity index (χ0) is 13.8. The molecule has 1 aromatic rings. The van der Waals surface area contributed by atoms with Gasteiger partial charge < -0.3 is 14.7 Å². The molecule has 1 amide bonds. The van der Waals surface area contributed by atoms with Gasteiger partial charge in [-0.25, -0.2) is 0 Å². The Bertz CT molecular complexity index is 460.